The molecule has 1 heterocycles. The molecule has 0 saturated carbocycles. The minimum absolute atomic E-state index is 0.107. The number of anilines is 1. The van der Waals surface area contributed by atoms with E-state index in [0.717, 1.165) is 18.1 Å². The summed E-state index contributed by atoms with van der Waals surface area (Å²) in [5.74, 6) is 0. The van der Waals surface area contributed by atoms with Gasteiger partial charge in [-0.2, -0.15) is 39.5 Å². The van der Waals surface area contributed by atoms with Gasteiger partial charge in [0.05, 0.1) is 35.5 Å². The Balaban J connectivity index is 2.20. The fraction of sp³-hybridized carbons (Fsp3) is 0.391. The number of methoxy groups -OCH3 is 1. The van der Waals surface area contributed by atoms with Crippen molar-refractivity contribution in [2.45, 2.75) is 50.5 Å². The highest BCUT2D eigenvalue weighted by molar-refractivity contribution is 5.89. The summed E-state index contributed by atoms with van der Waals surface area (Å²) >= 11 is 0. The normalized spacial score (nSPS) is 18.1. The highest BCUT2D eigenvalue weighted by atomic mass is 19.4. The van der Waals surface area contributed by atoms with Crippen LogP contribution >= 0.6 is 0 Å². The highest BCUT2D eigenvalue weighted by Gasteiger charge is 2.42. The fourth-order valence-electron chi connectivity index (χ4n) is 4.32. The van der Waals surface area contributed by atoms with Gasteiger partial charge >= 0.3 is 30.7 Å². The molecule has 0 radical (unpaired) electrons. The van der Waals surface area contributed by atoms with E-state index in [1.54, 1.807) is 0 Å². The third-order valence-corrected chi connectivity index (χ3v) is 5.97. The summed E-state index contributed by atoms with van der Waals surface area (Å²) < 4.78 is 125. The number of ether oxygens (including phenoxy) is 1. The van der Waals surface area contributed by atoms with Gasteiger partial charge in [-0.3, -0.25) is 9.80 Å². The maximum absolute atomic E-state index is 13.5. The molecule has 0 spiro atoms. The molecule has 38 heavy (non-hydrogen) atoms. The maximum atomic E-state index is 13.5. The van der Waals surface area contributed by atoms with Crippen molar-refractivity contribution in [2.24, 2.45) is 0 Å². The van der Waals surface area contributed by atoms with Crippen LogP contribution in [0.15, 0.2) is 36.4 Å². The van der Waals surface area contributed by atoms with Gasteiger partial charge in [0.15, 0.2) is 0 Å². The maximum Gasteiger partial charge on any atom is 0.416 e. The van der Waals surface area contributed by atoms with Gasteiger partial charge in [-0.1, -0.05) is 0 Å². The van der Waals surface area contributed by atoms with Crippen LogP contribution in [0.4, 0.5) is 54.8 Å². The van der Waals surface area contributed by atoms with Crippen molar-refractivity contribution in [1.29, 1.82) is 0 Å². The minimum Gasteiger partial charge on any atom is -0.465 e. The Hall–Kier alpha value is -3.65. The summed E-state index contributed by atoms with van der Waals surface area (Å²) in [6.45, 7) is 0.461. The summed E-state index contributed by atoms with van der Waals surface area (Å²) in [5, 5.41) is 9.60. The average Bonchev–Trinajstić information content (AvgIpc) is 2.79. The van der Waals surface area contributed by atoms with Crippen LogP contribution in [0.2, 0.25) is 0 Å². The number of carbonyl (C=O) groups excluding carboxylic acids is 1. The smallest absolute Gasteiger partial charge is 0.416 e. The lowest BCUT2D eigenvalue weighted by atomic mass is 9.89. The molecule has 2 atom stereocenters. The molecule has 2 aromatic carbocycles. The molecule has 2 aromatic rings. The van der Waals surface area contributed by atoms with Crippen LogP contribution in [-0.4, -0.2) is 35.3 Å². The van der Waals surface area contributed by atoms with E-state index in [4.69, 9.17) is 0 Å². The Bertz CT molecular complexity index is 1190. The Morgan fingerprint density at radius 2 is 1.45 bits per heavy atom. The molecular weight excluding hydrogens is 539 g/mol. The lowest BCUT2D eigenvalue weighted by Crippen LogP contribution is -2.47. The first-order chi connectivity index (χ1) is 17.3. The molecule has 1 aliphatic heterocycles. The van der Waals surface area contributed by atoms with Gasteiger partial charge in [0, 0.05) is 12.6 Å². The van der Waals surface area contributed by atoms with Crippen molar-refractivity contribution in [3.05, 3.63) is 64.2 Å². The number of carboxylic acid groups (broad SMARTS) is 1. The summed E-state index contributed by atoms with van der Waals surface area (Å²) in [7, 11) is 0.867. The second kappa shape index (κ2) is 9.91. The summed E-state index contributed by atoms with van der Waals surface area (Å²) in [4.78, 5) is 25.9. The lowest BCUT2D eigenvalue weighted by Gasteiger charge is -2.42. The molecule has 1 aliphatic rings. The molecular formula is C23H19F9N2O4. The van der Waals surface area contributed by atoms with E-state index in [2.05, 4.69) is 4.74 Å². The summed E-state index contributed by atoms with van der Waals surface area (Å²) in [6.07, 6.45) is -18.4. The van der Waals surface area contributed by atoms with Crippen LogP contribution in [0.3, 0.4) is 0 Å². The molecule has 0 fully saturated rings. The van der Waals surface area contributed by atoms with Crippen molar-refractivity contribution in [3.63, 3.8) is 0 Å². The first-order valence-corrected chi connectivity index (χ1v) is 10.7. The molecule has 208 valence electrons. The van der Waals surface area contributed by atoms with E-state index in [-0.39, 0.29) is 23.7 Å². The van der Waals surface area contributed by atoms with Gasteiger partial charge in [-0.15, -0.1) is 0 Å². The predicted octanol–water partition coefficient (Wildman–Crippen LogP) is 7.33. The van der Waals surface area contributed by atoms with Gasteiger partial charge in [0.25, 0.3) is 0 Å². The van der Waals surface area contributed by atoms with Gasteiger partial charge in [-0.25, -0.2) is 9.59 Å². The van der Waals surface area contributed by atoms with E-state index in [1.165, 1.54) is 6.92 Å². The number of rotatable bonds is 3. The zero-order chi connectivity index (χ0) is 28.8. The number of alkyl halides is 9. The van der Waals surface area contributed by atoms with E-state index in [9.17, 15) is 54.2 Å². The molecule has 6 nitrogen and oxygen atoms in total. The van der Waals surface area contributed by atoms with Crippen LogP contribution in [0, 0.1) is 0 Å². The lowest BCUT2D eigenvalue weighted by molar-refractivity contribution is -0.143. The van der Waals surface area contributed by atoms with Gasteiger partial charge in [0.1, 0.15) is 0 Å². The number of halogens is 9. The summed E-state index contributed by atoms with van der Waals surface area (Å²) in [6, 6.07) is 0.401. The number of amides is 2. The van der Waals surface area contributed by atoms with Gasteiger partial charge in [-0.05, 0) is 60.9 Å². The van der Waals surface area contributed by atoms with Gasteiger partial charge < -0.3 is 9.84 Å². The number of hydrogen-bond acceptors (Lipinski definition) is 3. The number of benzene rings is 2. The average molecular weight is 558 g/mol. The van der Waals surface area contributed by atoms with Crippen LogP contribution < -0.4 is 4.90 Å². The second-order valence-electron chi connectivity index (χ2n) is 8.54. The topological polar surface area (TPSA) is 70.1 Å². The SMILES string of the molecule is COC(=O)N(Cc1cc(C(F)(F)F)cc(C(F)(F)F)c1)[C@H]1C[C@@H](C)N(C(=O)O)c2ccc(C(F)(F)F)cc21. The van der Waals surface area contributed by atoms with Crippen LogP contribution in [0.25, 0.3) is 0 Å². The molecule has 2 amide bonds. The first kappa shape index (κ1) is 28.9. The van der Waals surface area contributed by atoms with E-state index in [1.807, 2.05) is 0 Å². The van der Waals surface area contributed by atoms with E-state index in [0.29, 0.717) is 29.2 Å². The first-order valence-electron chi connectivity index (χ1n) is 10.7. The van der Waals surface area contributed by atoms with Crippen molar-refractivity contribution < 1.29 is 58.9 Å². The Morgan fingerprint density at radius 3 is 1.89 bits per heavy atom. The quantitative estimate of drug-likeness (QED) is 0.401. The second-order valence-corrected chi connectivity index (χ2v) is 8.54. The van der Waals surface area contributed by atoms with E-state index >= 15 is 0 Å². The number of nitrogens with zero attached hydrogens (tertiary/aromatic N) is 2. The highest BCUT2D eigenvalue weighted by Crippen LogP contribution is 2.44. The van der Waals surface area contributed by atoms with Crippen molar-refractivity contribution in [3.8, 4) is 0 Å². The minimum atomic E-state index is -5.18. The standard InChI is InChI=1S/C23H19F9N2O4/c1-11-5-18(16-9-13(21(24,25)26)3-4-17(16)34(11)19(35)36)33(20(37)38-2)10-12-6-14(22(27,28)29)8-15(7-12)23(30,31)32/h3-4,6-9,11,18H,5,10H2,1-2H3,(H,35,36)/t11-,18+/m1/s1. The Labute approximate surface area is 209 Å². The number of carbonyl (C=O) groups is 2. The molecule has 3 rings (SSSR count). The number of fused-ring (bicyclic) bond motifs is 1. The molecule has 0 aromatic heterocycles. The van der Waals surface area contributed by atoms with Crippen molar-refractivity contribution in [1.82, 2.24) is 4.90 Å². The van der Waals surface area contributed by atoms with Crippen molar-refractivity contribution in [2.75, 3.05) is 12.0 Å². The van der Waals surface area contributed by atoms with Crippen molar-refractivity contribution >= 4 is 17.9 Å². The fourth-order valence-corrected chi connectivity index (χ4v) is 4.32. The third-order valence-electron chi connectivity index (χ3n) is 5.97. The monoisotopic (exact) mass is 558 g/mol. The van der Waals surface area contributed by atoms with Gasteiger partial charge in [0.2, 0.25) is 0 Å². The van der Waals surface area contributed by atoms with Crippen LogP contribution in [0.5, 0.6) is 0 Å². The Morgan fingerprint density at radius 1 is 0.921 bits per heavy atom. The summed E-state index contributed by atoms with van der Waals surface area (Å²) in [5.41, 5.74) is -5.69. The molecule has 15 heteroatoms. The largest absolute Gasteiger partial charge is 0.465 e. The third kappa shape index (κ3) is 5.91. The Kier molecular flexibility index (Phi) is 7.54. The molecule has 1 N–H and O–H groups in total. The number of hydrogen-bond donors (Lipinski definition) is 1. The van der Waals surface area contributed by atoms with Crippen LogP contribution in [0.1, 0.15) is 47.2 Å². The zero-order valence-corrected chi connectivity index (χ0v) is 19.5. The molecule has 0 bridgehead atoms. The molecule has 0 aliphatic carbocycles. The molecule has 0 unspecified atom stereocenters. The van der Waals surface area contributed by atoms with Crippen LogP contribution in [-0.2, 0) is 29.8 Å². The molecule has 0 saturated heterocycles. The zero-order valence-electron chi connectivity index (χ0n) is 19.5. The predicted molar refractivity (Wildman–Crippen MR) is 113 cm³/mol. The van der Waals surface area contributed by atoms with E-state index < -0.39 is 71.6 Å².